The Hall–Kier alpha value is -0.760. The monoisotopic (exact) mass is 399 g/mol. The molecule has 0 saturated heterocycles. The highest BCUT2D eigenvalue weighted by Gasteiger charge is 2.34. The van der Waals surface area contributed by atoms with E-state index < -0.39 is 0 Å². The van der Waals surface area contributed by atoms with Gasteiger partial charge in [-0.05, 0) is 37.1 Å². The molecule has 0 atom stereocenters. The van der Waals surface area contributed by atoms with E-state index in [1.54, 1.807) is 35.3 Å². The van der Waals surface area contributed by atoms with Gasteiger partial charge in [0.25, 0.3) is 0 Å². The van der Waals surface area contributed by atoms with Crippen LogP contribution in [0, 0.1) is 0 Å². The molecule has 0 aliphatic heterocycles. The van der Waals surface area contributed by atoms with E-state index in [1.807, 2.05) is 24.3 Å². The van der Waals surface area contributed by atoms with Gasteiger partial charge in [0.2, 0.25) is 11.0 Å². The maximum Gasteiger partial charge on any atom is 0.225 e. The fraction of sp³-hybridized carbons (Fsp3) is 0.438. The van der Waals surface area contributed by atoms with E-state index in [1.165, 1.54) is 11.3 Å². The lowest BCUT2D eigenvalue weighted by molar-refractivity contribution is -0.116. The van der Waals surface area contributed by atoms with E-state index in [9.17, 15) is 4.79 Å². The summed E-state index contributed by atoms with van der Waals surface area (Å²) in [5, 5.41) is 9.94. The molecule has 4 nitrogen and oxygen atoms in total. The molecule has 3 rings (SSSR count). The van der Waals surface area contributed by atoms with Crippen molar-refractivity contribution >= 4 is 57.5 Å². The predicted octanol–water partition coefficient (Wildman–Crippen LogP) is 4.98. The number of nitrogens with zero attached hydrogens (tertiary/aromatic N) is 3. The Morgan fingerprint density at radius 2 is 2.04 bits per heavy atom. The van der Waals surface area contributed by atoms with E-state index in [0.29, 0.717) is 6.04 Å². The highest BCUT2D eigenvalue weighted by atomic mass is 35.5. The van der Waals surface area contributed by atoms with Crippen molar-refractivity contribution in [3.8, 4) is 0 Å². The molecule has 128 valence electrons. The Bertz CT molecular complexity index is 705. The van der Waals surface area contributed by atoms with Crippen LogP contribution in [0.4, 0.5) is 5.13 Å². The summed E-state index contributed by atoms with van der Waals surface area (Å²) in [4.78, 5) is 14.7. The van der Waals surface area contributed by atoms with Crippen molar-refractivity contribution in [2.45, 2.75) is 41.5 Å². The summed E-state index contributed by atoms with van der Waals surface area (Å²) in [6.07, 6.45) is 3.20. The van der Waals surface area contributed by atoms with Gasteiger partial charge < -0.3 is 0 Å². The van der Waals surface area contributed by atoms with E-state index in [-0.39, 0.29) is 5.91 Å². The number of amides is 1. The summed E-state index contributed by atoms with van der Waals surface area (Å²) < 4.78 is 0.930. The molecule has 0 radical (unpaired) electrons. The molecule has 1 aliphatic rings. The minimum atomic E-state index is 0.0568. The van der Waals surface area contributed by atoms with Crippen LogP contribution in [0.5, 0.6) is 0 Å². The van der Waals surface area contributed by atoms with Gasteiger partial charge in [-0.1, -0.05) is 46.8 Å². The van der Waals surface area contributed by atoms with Crippen LogP contribution in [0.25, 0.3) is 0 Å². The van der Waals surface area contributed by atoms with Gasteiger partial charge in [0.05, 0.1) is 5.02 Å². The molecular weight excluding hydrogens is 382 g/mol. The van der Waals surface area contributed by atoms with E-state index in [4.69, 9.17) is 11.6 Å². The Kier molecular flexibility index (Phi) is 6.43. The van der Waals surface area contributed by atoms with E-state index in [2.05, 4.69) is 10.2 Å². The molecule has 1 fully saturated rings. The van der Waals surface area contributed by atoms with Gasteiger partial charge in [-0.2, -0.15) is 0 Å². The van der Waals surface area contributed by atoms with Crippen LogP contribution in [-0.4, -0.2) is 33.7 Å². The number of halogens is 1. The number of anilines is 1. The molecule has 2 aromatic rings. The average Bonchev–Trinajstić information content (AvgIpc) is 3.27. The van der Waals surface area contributed by atoms with Gasteiger partial charge in [0, 0.05) is 23.6 Å². The van der Waals surface area contributed by atoms with Crippen molar-refractivity contribution in [3.63, 3.8) is 0 Å². The Morgan fingerprint density at radius 1 is 1.29 bits per heavy atom. The fourth-order valence-corrected chi connectivity index (χ4v) is 5.54. The largest absolute Gasteiger partial charge is 0.284 e. The molecule has 0 unspecified atom stereocenters. The van der Waals surface area contributed by atoms with Gasteiger partial charge in [0.15, 0.2) is 4.34 Å². The number of carbonyl (C=O) groups is 1. The van der Waals surface area contributed by atoms with Gasteiger partial charge in [-0.15, -0.1) is 22.0 Å². The number of benzene rings is 1. The van der Waals surface area contributed by atoms with Crippen LogP contribution in [-0.2, 0) is 4.79 Å². The molecule has 0 spiro atoms. The Morgan fingerprint density at radius 3 is 2.75 bits per heavy atom. The highest BCUT2D eigenvalue weighted by molar-refractivity contribution is 8.01. The number of rotatable bonds is 8. The van der Waals surface area contributed by atoms with Crippen molar-refractivity contribution in [1.82, 2.24) is 10.2 Å². The highest BCUT2D eigenvalue weighted by Crippen LogP contribution is 2.36. The number of aromatic nitrogens is 2. The summed E-state index contributed by atoms with van der Waals surface area (Å²) >= 11 is 11.1. The maximum absolute atomic E-state index is 11.7. The van der Waals surface area contributed by atoms with Gasteiger partial charge in [-0.3, -0.25) is 9.69 Å². The molecule has 0 N–H and O–H groups in total. The van der Waals surface area contributed by atoms with Crippen LogP contribution in [0.1, 0.15) is 26.2 Å². The van der Waals surface area contributed by atoms with Crippen LogP contribution >= 0.6 is 46.5 Å². The number of carbonyl (C=O) groups excluding carboxylic acids is 1. The lowest BCUT2D eigenvalue weighted by Gasteiger charge is -2.15. The number of hydrogen-bond donors (Lipinski definition) is 0. The van der Waals surface area contributed by atoms with Gasteiger partial charge in [0.1, 0.15) is 0 Å². The lowest BCUT2D eigenvalue weighted by Crippen LogP contribution is -2.30. The molecule has 1 aromatic carbocycles. The first kappa shape index (κ1) is 18.0. The number of thioether (sulfide) groups is 2. The Balaban J connectivity index is 1.43. The third-order valence-electron chi connectivity index (χ3n) is 3.46. The molecule has 1 amide bonds. The second-order valence-electron chi connectivity index (χ2n) is 5.45. The van der Waals surface area contributed by atoms with E-state index in [0.717, 1.165) is 50.2 Å². The second-order valence-corrected chi connectivity index (χ2v) is 9.29. The zero-order valence-electron chi connectivity index (χ0n) is 13.3. The molecule has 1 aliphatic carbocycles. The topological polar surface area (TPSA) is 46.1 Å². The minimum Gasteiger partial charge on any atom is -0.284 e. The smallest absolute Gasteiger partial charge is 0.225 e. The van der Waals surface area contributed by atoms with Crippen LogP contribution < -0.4 is 4.90 Å². The summed E-state index contributed by atoms with van der Waals surface area (Å²) in [5.41, 5.74) is 0. The number of hydrogen-bond acceptors (Lipinski definition) is 6. The van der Waals surface area contributed by atoms with Crippen LogP contribution in [0.2, 0.25) is 5.02 Å². The summed E-state index contributed by atoms with van der Waals surface area (Å²) in [6, 6.07) is 8.25. The molecule has 1 saturated carbocycles. The summed E-state index contributed by atoms with van der Waals surface area (Å²) in [5.74, 6) is 2.06. The van der Waals surface area contributed by atoms with Gasteiger partial charge in [-0.25, -0.2) is 0 Å². The third kappa shape index (κ3) is 4.88. The van der Waals surface area contributed by atoms with Crippen molar-refractivity contribution in [3.05, 3.63) is 29.3 Å². The molecule has 1 aromatic heterocycles. The van der Waals surface area contributed by atoms with Crippen LogP contribution in [0.15, 0.2) is 33.5 Å². The average molecular weight is 400 g/mol. The normalized spacial score (nSPS) is 13.9. The predicted molar refractivity (Wildman–Crippen MR) is 104 cm³/mol. The SMILES string of the molecule is CC(=O)N(c1nnc(SCCCSc2ccccc2Cl)s1)C1CC1. The summed E-state index contributed by atoms with van der Waals surface area (Å²) in [7, 11) is 0. The first-order valence-electron chi connectivity index (χ1n) is 7.78. The quantitative estimate of drug-likeness (QED) is 0.356. The Labute approximate surface area is 159 Å². The van der Waals surface area contributed by atoms with Crippen LogP contribution in [0.3, 0.4) is 0 Å². The van der Waals surface area contributed by atoms with Crippen molar-refractivity contribution in [2.24, 2.45) is 0 Å². The fourth-order valence-electron chi connectivity index (χ4n) is 2.20. The molecular formula is C16H18ClN3OS3. The first-order valence-corrected chi connectivity index (χ1v) is 10.9. The first-order chi connectivity index (χ1) is 11.6. The summed E-state index contributed by atoms with van der Waals surface area (Å²) in [6.45, 7) is 1.60. The zero-order valence-corrected chi connectivity index (χ0v) is 16.5. The van der Waals surface area contributed by atoms with Crippen molar-refractivity contribution in [2.75, 3.05) is 16.4 Å². The molecule has 24 heavy (non-hydrogen) atoms. The standard InChI is InChI=1S/C16H18ClN3OS3/c1-11(21)20(12-7-8-12)15-18-19-16(24-15)23-10-4-9-22-14-6-3-2-5-13(14)17/h2-3,5-6,12H,4,7-10H2,1H3. The molecule has 1 heterocycles. The minimum absolute atomic E-state index is 0.0568. The van der Waals surface area contributed by atoms with E-state index >= 15 is 0 Å². The lowest BCUT2D eigenvalue weighted by atomic mass is 10.4. The third-order valence-corrected chi connectivity index (χ3v) is 7.21. The van der Waals surface area contributed by atoms with Crippen molar-refractivity contribution < 1.29 is 4.79 Å². The van der Waals surface area contributed by atoms with Gasteiger partial charge >= 0.3 is 0 Å². The zero-order chi connectivity index (χ0) is 16.9. The maximum atomic E-state index is 11.7. The molecule has 0 bridgehead atoms. The molecule has 8 heteroatoms. The second kappa shape index (κ2) is 8.56. The van der Waals surface area contributed by atoms with Crippen molar-refractivity contribution in [1.29, 1.82) is 0 Å².